The number of hydrogen-bond donors (Lipinski definition) is 2. The van der Waals surface area contributed by atoms with E-state index in [-0.39, 0.29) is 6.10 Å². The molecule has 0 aliphatic carbocycles. The van der Waals surface area contributed by atoms with E-state index in [0.717, 1.165) is 28.2 Å². The molecule has 1 aromatic carbocycles. The minimum absolute atomic E-state index is 0.340. The first-order valence-corrected chi connectivity index (χ1v) is 6.91. The number of aliphatic hydroxyl groups excluding tert-OH is 1. The smallest absolute Gasteiger partial charge is 0.310 e. The topological polar surface area (TPSA) is 57.5 Å². The second kappa shape index (κ2) is 5.59. The quantitative estimate of drug-likeness (QED) is 0.881. The van der Waals surface area contributed by atoms with Crippen molar-refractivity contribution in [3.8, 4) is 0 Å². The lowest BCUT2D eigenvalue weighted by Crippen LogP contribution is -2.07. The van der Waals surface area contributed by atoms with E-state index in [9.17, 15) is 9.90 Å². The predicted octanol–water partition coefficient (Wildman–Crippen LogP) is 2.71. The molecule has 1 aliphatic heterocycles. The van der Waals surface area contributed by atoms with Gasteiger partial charge in [0.2, 0.25) is 0 Å². The summed E-state index contributed by atoms with van der Waals surface area (Å²) < 4.78 is 0. The highest BCUT2D eigenvalue weighted by Crippen LogP contribution is 2.32. The molecule has 96 valence electrons. The van der Waals surface area contributed by atoms with Crippen molar-refractivity contribution in [3.05, 3.63) is 40.3 Å². The number of aliphatic carboxylic acids is 1. The molecule has 0 saturated carbocycles. The number of carboxylic acid groups (broad SMARTS) is 1. The molecule has 1 heterocycles. The molecule has 2 unspecified atom stereocenters. The number of rotatable bonds is 3. The maximum Gasteiger partial charge on any atom is 0.310 e. The first-order chi connectivity index (χ1) is 8.58. The zero-order chi connectivity index (χ0) is 13.1. The second-order valence-electron chi connectivity index (χ2n) is 4.43. The summed E-state index contributed by atoms with van der Waals surface area (Å²) in [6, 6.07) is 7.45. The van der Waals surface area contributed by atoms with Gasteiger partial charge in [0, 0.05) is 10.7 Å². The number of thioether (sulfide) groups is 1. The van der Waals surface area contributed by atoms with Crippen molar-refractivity contribution in [2.45, 2.75) is 25.4 Å². The van der Waals surface area contributed by atoms with Crippen LogP contribution >= 0.6 is 11.8 Å². The molecule has 0 aromatic heterocycles. The molecule has 2 atom stereocenters. The summed E-state index contributed by atoms with van der Waals surface area (Å²) >= 11 is 1.68. The summed E-state index contributed by atoms with van der Waals surface area (Å²) in [5.41, 5.74) is 1.80. The molecular weight excluding hydrogens is 248 g/mol. The zero-order valence-electron chi connectivity index (χ0n) is 10.2. The van der Waals surface area contributed by atoms with Gasteiger partial charge in [-0.05, 0) is 30.5 Å². The van der Waals surface area contributed by atoms with Crippen LogP contribution in [0.3, 0.4) is 0 Å². The summed E-state index contributed by atoms with van der Waals surface area (Å²) in [6.07, 6.45) is 2.44. The maximum atomic E-state index is 10.9. The van der Waals surface area contributed by atoms with Crippen LogP contribution in [0.25, 0.3) is 6.08 Å². The van der Waals surface area contributed by atoms with E-state index < -0.39 is 11.9 Å². The van der Waals surface area contributed by atoms with Gasteiger partial charge in [-0.25, -0.2) is 0 Å². The van der Waals surface area contributed by atoms with Crippen LogP contribution in [0.5, 0.6) is 0 Å². The molecule has 0 amide bonds. The van der Waals surface area contributed by atoms with Crippen molar-refractivity contribution >= 4 is 23.8 Å². The van der Waals surface area contributed by atoms with Crippen LogP contribution in [0.15, 0.2) is 29.2 Å². The van der Waals surface area contributed by atoms with Gasteiger partial charge < -0.3 is 10.2 Å². The van der Waals surface area contributed by atoms with Crippen molar-refractivity contribution in [3.63, 3.8) is 0 Å². The van der Waals surface area contributed by atoms with Gasteiger partial charge in [0.25, 0.3) is 0 Å². The average Bonchev–Trinajstić information content (AvgIpc) is 2.75. The van der Waals surface area contributed by atoms with Gasteiger partial charge in [-0.2, -0.15) is 0 Å². The Balaban J connectivity index is 2.15. The molecule has 2 N–H and O–H groups in total. The highest BCUT2D eigenvalue weighted by molar-refractivity contribution is 8.03. The molecule has 0 spiro atoms. The number of benzene rings is 1. The molecule has 1 fully saturated rings. The van der Waals surface area contributed by atoms with E-state index in [0.29, 0.717) is 0 Å². The summed E-state index contributed by atoms with van der Waals surface area (Å²) in [5, 5.41) is 18.6. The lowest BCUT2D eigenvalue weighted by atomic mass is 10.00. The van der Waals surface area contributed by atoms with Crippen LogP contribution in [-0.4, -0.2) is 28.0 Å². The summed E-state index contributed by atoms with van der Waals surface area (Å²) in [6.45, 7) is 1.67. The fourth-order valence-corrected chi connectivity index (χ4v) is 2.96. The first kappa shape index (κ1) is 13.2. The van der Waals surface area contributed by atoms with Crippen molar-refractivity contribution in [1.82, 2.24) is 0 Å². The van der Waals surface area contributed by atoms with Crippen LogP contribution in [-0.2, 0) is 4.79 Å². The van der Waals surface area contributed by atoms with E-state index >= 15 is 0 Å². The van der Waals surface area contributed by atoms with Crippen LogP contribution in [0, 0.1) is 0 Å². The van der Waals surface area contributed by atoms with Crippen LogP contribution in [0.2, 0.25) is 0 Å². The number of carbonyl (C=O) groups is 1. The maximum absolute atomic E-state index is 10.9. The molecule has 4 heteroatoms. The predicted molar refractivity (Wildman–Crippen MR) is 73.6 cm³/mol. The van der Waals surface area contributed by atoms with Gasteiger partial charge in [0.05, 0.1) is 12.0 Å². The number of hydrogen-bond acceptors (Lipinski definition) is 3. The Labute approximate surface area is 111 Å². The summed E-state index contributed by atoms with van der Waals surface area (Å²) in [4.78, 5) is 11.9. The highest BCUT2D eigenvalue weighted by atomic mass is 32.2. The lowest BCUT2D eigenvalue weighted by molar-refractivity contribution is -0.138. The molecule has 0 radical (unpaired) electrons. The Morgan fingerprint density at radius 1 is 1.44 bits per heavy atom. The lowest BCUT2D eigenvalue weighted by Gasteiger charge is -2.07. The molecule has 2 rings (SSSR count). The van der Waals surface area contributed by atoms with Crippen molar-refractivity contribution in [2.24, 2.45) is 0 Å². The monoisotopic (exact) mass is 264 g/mol. The fraction of sp³-hybridized carbons (Fsp3) is 0.357. The van der Waals surface area contributed by atoms with Crippen LogP contribution in [0.4, 0.5) is 0 Å². The van der Waals surface area contributed by atoms with Crippen molar-refractivity contribution in [2.75, 3.05) is 5.75 Å². The molecule has 1 saturated heterocycles. The Bertz CT molecular complexity index is 464. The van der Waals surface area contributed by atoms with E-state index in [4.69, 9.17) is 5.11 Å². The third kappa shape index (κ3) is 2.94. The SMILES string of the molecule is CC(C(=O)O)c1ccc(/C=C2\SCCC2O)cc1. The summed E-state index contributed by atoms with van der Waals surface area (Å²) in [5.74, 6) is -0.345. The van der Waals surface area contributed by atoms with E-state index in [1.165, 1.54) is 0 Å². The molecule has 1 aromatic rings. The molecule has 0 bridgehead atoms. The van der Waals surface area contributed by atoms with Gasteiger partial charge in [-0.1, -0.05) is 24.3 Å². The van der Waals surface area contributed by atoms with E-state index in [1.54, 1.807) is 18.7 Å². The Morgan fingerprint density at radius 2 is 2.11 bits per heavy atom. The molecule has 1 aliphatic rings. The molecular formula is C14H16O3S. The normalized spacial score (nSPS) is 23.2. The van der Waals surface area contributed by atoms with Gasteiger partial charge >= 0.3 is 5.97 Å². The molecule has 18 heavy (non-hydrogen) atoms. The Hall–Kier alpha value is -1.26. The Morgan fingerprint density at radius 3 is 2.61 bits per heavy atom. The van der Waals surface area contributed by atoms with Gasteiger partial charge in [-0.15, -0.1) is 11.8 Å². The Kier molecular flexibility index (Phi) is 4.09. The molecule has 3 nitrogen and oxygen atoms in total. The summed E-state index contributed by atoms with van der Waals surface area (Å²) in [7, 11) is 0. The number of aliphatic hydroxyl groups is 1. The standard InChI is InChI=1S/C14H16O3S/c1-9(14(16)17)11-4-2-10(3-5-11)8-13-12(15)6-7-18-13/h2-5,8-9,12,15H,6-7H2,1H3,(H,16,17)/b13-8-. The largest absolute Gasteiger partial charge is 0.481 e. The minimum Gasteiger partial charge on any atom is -0.481 e. The first-order valence-electron chi connectivity index (χ1n) is 5.93. The minimum atomic E-state index is -0.817. The van der Waals surface area contributed by atoms with Crippen molar-refractivity contribution in [1.29, 1.82) is 0 Å². The van der Waals surface area contributed by atoms with Gasteiger partial charge in [-0.3, -0.25) is 4.79 Å². The van der Waals surface area contributed by atoms with Crippen LogP contribution < -0.4 is 0 Å². The van der Waals surface area contributed by atoms with E-state index in [1.807, 2.05) is 30.3 Å². The average molecular weight is 264 g/mol. The zero-order valence-corrected chi connectivity index (χ0v) is 11.0. The van der Waals surface area contributed by atoms with Gasteiger partial charge in [0.1, 0.15) is 0 Å². The van der Waals surface area contributed by atoms with E-state index in [2.05, 4.69) is 0 Å². The van der Waals surface area contributed by atoms with Gasteiger partial charge in [0.15, 0.2) is 0 Å². The third-order valence-electron chi connectivity index (χ3n) is 3.10. The highest BCUT2D eigenvalue weighted by Gasteiger charge is 2.18. The van der Waals surface area contributed by atoms with Crippen molar-refractivity contribution < 1.29 is 15.0 Å². The third-order valence-corrected chi connectivity index (χ3v) is 4.27. The second-order valence-corrected chi connectivity index (χ2v) is 5.59. The van der Waals surface area contributed by atoms with Crippen LogP contribution in [0.1, 0.15) is 30.4 Å². The fourth-order valence-electron chi connectivity index (χ4n) is 1.85. The number of carboxylic acids is 1.